The number of aromatic nitrogens is 3. The molecule has 5 heterocycles. The van der Waals surface area contributed by atoms with Crippen LogP contribution in [-0.2, 0) is 32.5 Å². The fourth-order valence-corrected chi connectivity index (χ4v) is 8.39. The number of alkyl halides is 1. The largest absolute Gasteiger partial charge is 0.487 e. The summed E-state index contributed by atoms with van der Waals surface area (Å²) in [6.07, 6.45) is 3.19. The van der Waals surface area contributed by atoms with Crippen molar-refractivity contribution in [3.05, 3.63) is 112 Å². The number of halogens is 1. The number of carbonyl (C=O) groups excluding carboxylic acids is 5. The lowest BCUT2D eigenvalue weighted by Gasteiger charge is -2.20. The second-order valence-electron chi connectivity index (χ2n) is 14.1. The maximum atomic E-state index is 14.0. The Hall–Kier alpha value is -6.52. The molecule has 58 heavy (non-hydrogen) atoms. The highest BCUT2D eigenvalue weighted by molar-refractivity contribution is 7.17. The first kappa shape index (κ1) is 39.7. The number of primary amides is 1. The molecule has 0 spiro atoms. The molecule has 7 rings (SSSR count). The third kappa shape index (κ3) is 8.01. The van der Waals surface area contributed by atoms with E-state index in [4.69, 9.17) is 22.1 Å². The molecule has 0 radical (unpaired) electrons. The van der Waals surface area contributed by atoms with Gasteiger partial charge in [0.2, 0.25) is 5.91 Å². The first-order chi connectivity index (χ1) is 27.8. The number of nitrogens with two attached hydrogens (primary N) is 1. The van der Waals surface area contributed by atoms with Gasteiger partial charge in [0, 0.05) is 76.3 Å². The number of benzene rings is 2. The van der Waals surface area contributed by atoms with Gasteiger partial charge in [0.25, 0.3) is 17.7 Å². The van der Waals surface area contributed by atoms with Gasteiger partial charge in [0.05, 0.1) is 21.8 Å². The summed E-state index contributed by atoms with van der Waals surface area (Å²) in [5, 5.41) is 14.3. The van der Waals surface area contributed by atoms with Crippen molar-refractivity contribution in [3.8, 4) is 5.75 Å². The molecule has 1 aliphatic rings. The predicted octanol–water partition coefficient (Wildman–Crippen LogP) is 6.29. The van der Waals surface area contributed by atoms with E-state index in [1.165, 1.54) is 12.1 Å². The minimum Gasteiger partial charge on any atom is -0.487 e. The van der Waals surface area contributed by atoms with Gasteiger partial charge in [-0.15, -0.1) is 22.9 Å². The number of fused-ring (bicyclic) bond motifs is 3. The number of carbonyl (C=O) groups is 5. The summed E-state index contributed by atoms with van der Waals surface area (Å²) in [6, 6.07) is 17.7. The second kappa shape index (κ2) is 16.5. The average Bonchev–Trinajstić information content (AvgIpc) is 4.02. The highest BCUT2D eigenvalue weighted by Crippen LogP contribution is 2.49. The van der Waals surface area contributed by atoms with Crippen LogP contribution in [0, 0.1) is 6.92 Å². The number of anilines is 4. The molecule has 0 saturated heterocycles. The first-order valence-corrected chi connectivity index (χ1v) is 19.8. The average molecular weight is 824 g/mol. The SMILES string of the molecule is Cc1csc2c(OCc3ccccc3)cc3c(c12)C(CCl)CN3C(=O)Nc1ccc(C(=O)Nc2cc(C(=O)Nc3cc(C(=O)NCCC(N)=O)n(C)c3)n(C)c2)n1C. The fourth-order valence-electron chi connectivity index (χ4n) is 7.10. The Bertz CT molecular complexity index is 2570. The molecule has 0 fully saturated rings. The van der Waals surface area contributed by atoms with E-state index >= 15 is 0 Å². The number of rotatable bonds is 13. The number of ether oxygens (including phenoxy) is 1. The van der Waals surface area contributed by atoms with E-state index in [0.29, 0.717) is 42.0 Å². The highest BCUT2D eigenvalue weighted by atomic mass is 35.5. The van der Waals surface area contributed by atoms with Crippen LogP contribution in [0.25, 0.3) is 10.1 Å². The molecule has 300 valence electrons. The van der Waals surface area contributed by atoms with E-state index in [1.807, 2.05) is 36.4 Å². The minimum absolute atomic E-state index is 0.00426. The quantitative estimate of drug-likeness (QED) is 0.0853. The second-order valence-corrected chi connectivity index (χ2v) is 15.3. The summed E-state index contributed by atoms with van der Waals surface area (Å²) in [5.41, 5.74) is 10.5. The summed E-state index contributed by atoms with van der Waals surface area (Å²) >= 11 is 8.13. The third-order valence-corrected chi connectivity index (χ3v) is 11.5. The van der Waals surface area contributed by atoms with E-state index in [-0.39, 0.29) is 42.0 Å². The molecule has 0 bridgehead atoms. The van der Waals surface area contributed by atoms with Gasteiger partial charge in [-0.05, 0) is 53.3 Å². The van der Waals surface area contributed by atoms with E-state index in [0.717, 1.165) is 32.5 Å². The van der Waals surface area contributed by atoms with Crippen molar-refractivity contribution in [2.24, 2.45) is 26.9 Å². The molecule has 17 heteroatoms. The summed E-state index contributed by atoms with van der Waals surface area (Å²) in [7, 11) is 4.99. The van der Waals surface area contributed by atoms with Crippen molar-refractivity contribution < 1.29 is 28.7 Å². The molecule has 6 amide bonds. The predicted molar refractivity (Wildman–Crippen MR) is 225 cm³/mol. The van der Waals surface area contributed by atoms with Gasteiger partial charge in [-0.3, -0.25) is 29.4 Å². The zero-order valence-corrected chi connectivity index (χ0v) is 33.8. The first-order valence-electron chi connectivity index (χ1n) is 18.4. The van der Waals surface area contributed by atoms with Gasteiger partial charge in [-0.1, -0.05) is 30.3 Å². The Morgan fingerprint density at radius 3 is 2.17 bits per heavy atom. The fraction of sp³-hybridized carbons (Fsp3) is 0.244. The smallest absolute Gasteiger partial charge is 0.327 e. The molecule has 0 aliphatic carbocycles. The zero-order valence-electron chi connectivity index (χ0n) is 32.2. The number of nitrogens with zero attached hydrogens (tertiary/aromatic N) is 4. The summed E-state index contributed by atoms with van der Waals surface area (Å²) in [6.45, 7) is 2.89. The van der Waals surface area contributed by atoms with Crippen molar-refractivity contribution in [2.45, 2.75) is 25.9 Å². The Kier molecular flexibility index (Phi) is 11.3. The highest BCUT2D eigenvalue weighted by Gasteiger charge is 2.36. The number of nitrogens with one attached hydrogen (secondary N) is 4. The number of aryl methyl sites for hydroxylation is 3. The molecular weight excluding hydrogens is 782 g/mol. The van der Waals surface area contributed by atoms with Crippen LogP contribution in [0.3, 0.4) is 0 Å². The van der Waals surface area contributed by atoms with Crippen molar-refractivity contribution in [1.29, 1.82) is 0 Å². The van der Waals surface area contributed by atoms with Gasteiger partial charge in [0.15, 0.2) is 0 Å². The van der Waals surface area contributed by atoms with Crippen LogP contribution in [0.15, 0.2) is 78.4 Å². The van der Waals surface area contributed by atoms with Crippen molar-refractivity contribution >= 4 is 85.6 Å². The molecule has 0 saturated carbocycles. The van der Waals surface area contributed by atoms with Crippen molar-refractivity contribution in [2.75, 3.05) is 39.8 Å². The maximum absolute atomic E-state index is 14.0. The van der Waals surface area contributed by atoms with Crippen LogP contribution in [0.2, 0.25) is 0 Å². The summed E-state index contributed by atoms with van der Waals surface area (Å²) < 4.78 is 12.1. The van der Waals surface area contributed by atoms with Gasteiger partial charge in [-0.2, -0.15) is 0 Å². The molecule has 1 aliphatic heterocycles. The van der Waals surface area contributed by atoms with Crippen LogP contribution in [-0.4, -0.2) is 62.3 Å². The normalized spacial score (nSPS) is 13.3. The lowest BCUT2D eigenvalue weighted by molar-refractivity contribution is -0.117. The molecule has 15 nitrogen and oxygen atoms in total. The van der Waals surface area contributed by atoms with Crippen molar-refractivity contribution in [3.63, 3.8) is 0 Å². The standard InChI is InChI=1S/C41H42ClN9O6S/c1-23-22-58-37-32(57-21-24-8-6-5-7-9-24)16-29-36(35(23)37)25(17-42)18-51(29)41(56)47-34-11-10-28(50(34)4)39(54)45-27-15-31(49(3)20-27)40(55)46-26-14-30(48(2)19-26)38(53)44-13-12-33(43)52/h5-11,14-16,19-20,22,25H,12-13,17-18,21H2,1-4H3,(H2,43,52)(H,44,53)(H,45,54)(H,46,55)(H,47,56). The number of amides is 6. The summed E-state index contributed by atoms with van der Waals surface area (Å²) in [4.78, 5) is 66.0. The molecule has 1 atom stereocenters. The minimum atomic E-state index is -0.531. The van der Waals surface area contributed by atoms with Crippen LogP contribution < -0.4 is 36.6 Å². The van der Waals surface area contributed by atoms with Gasteiger partial charge < -0.3 is 40.1 Å². The number of hydrogen-bond acceptors (Lipinski definition) is 7. The molecule has 6 N–H and O–H groups in total. The Morgan fingerprint density at radius 2 is 1.52 bits per heavy atom. The number of hydrogen-bond donors (Lipinski definition) is 5. The number of thiophene rings is 1. The molecule has 2 aromatic carbocycles. The van der Waals surface area contributed by atoms with Gasteiger partial charge >= 0.3 is 6.03 Å². The zero-order chi connectivity index (χ0) is 41.2. The van der Waals surface area contributed by atoms with Crippen LogP contribution >= 0.6 is 22.9 Å². The van der Waals surface area contributed by atoms with Crippen LogP contribution in [0.1, 0.15) is 60.5 Å². The van der Waals surface area contributed by atoms with Gasteiger partial charge in [-0.25, -0.2) is 4.79 Å². The maximum Gasteiger partial charge on any atom is 0.327 e. The molecule has 1 unspecified atom stereocenters. The Labute approximate surface area is 342 Å². The van der Waals surface area contributed by atoms with E-state index in [2.05, 4.69) is 33.6 Å². The monoisotopic (exact) mass is 823 g/mol. The van der Waals surface area contributed by atoms with Crippen LogP contribution in [0.4, 0.5) is 27.7 Å². The molecule has 4 aromatic heterocycles. The van der Waals surface area contributed by atoms with Crippen LogP contribution in [0.5, 0.6) is 5.75 Å². The van der Waals surface area contributed by atoms with Crippen molar-refractivity contribution in [1.82, 2.24) is 19.0 Å². The lowest BCUT2D eigenvalue weighted by atomic mass is 9.97. The Balaban J connectivity index is 1.03. The number of urea groups is 1. The van der Waals surface area contributed by atoms with E-state index in [1.54, 1.807) is 75.6 Å². The molecule has 6 aromatic rings. The van der Waals surface area contributed by atoms with E-state index in [9.17, 15) is 24.0 Å². The molecular formula is C41H42ClN9O6S. The topological polar surface area (TPSA) is 187 Å². The lowest BCUT2D eigenvalue weighted by Crippen LogP contribution is -2.35. The summed E-state index contributed by atoms with van der Waals surface area (Å²) in [5.74, 6) is -0.555. The third-order valence-electron chi connectivity index (χ3n) is 10.0. The van der Waals surface area contributed by atoms with Gasteiger partial charge in [0.1, 0.15) is 35.3 Å². The van der Waals surface area contributed by atoms with E-state index < -0.39 is 23.6 Å². The Morgan fingerprint density at radius 1 is 0.862 bits per heavy atom.